The maximum Gasteiger partial charge on any atom is 0.304 e. The fourth-order valence-corrected chi connectivity index (χ4v) is 4.69. The van der Waals surface area contributed by atoms with Crippen molar-refractivity contribution in [2.75, 3.05) is 0 Å². The van der Waals surface area contributed by atoms with Crippen LogP contribution in [0.2, 0.25) is 0 Å². The van der Waals surface area contributed by atoms with Gasteiger partial charge in [0.2, 0.25) is 5.91 Å². The van der Waals surface area contributed by atoms with E-state index in [1.165, 1.54) is 30.4 Å². The summed E-state index contributed by atoms with van der Waals surface area (Å²) in [6.07, 6.45) is 6.31. The fourth-order valence-electron chi connectivity index (χ4n) is 4.69. The normalized spacial score (nSPS) is 18.0. The molecule has 2 atom stereocenters. The minimum Gasteiger partial charge on any atom is -0.481 e. The first-order chi connectivity index (χ1) is 15.6. The number of carbonyl (C=O) groups is 2. The molecule has 0 saturated heterocycles. The van der Waals surface area contributed by atoms with E-state index >= 15 is 0 Å². The van der Waals surface area contributed by atoms with E-state index < -0.39 is 11.9 Å². The van der Waals surface area contributed by atoms with Crippen LogP contribution in [0.25, 0.3) is 0 Å². The number of nitrogens with zero attached hydrogens (tertiary/aromatic N) is 1. The molecule has 5 nitrogen and oxygen atoms in total. The number of aliphatic carboxylic acids is 1. The molecule has 0 aromatic heterocycles. The van der Waals surface area contributed by atoms with Gasteiger partial charge in [-0.2, -0.15) is 0 Å². The summed E-state index contributed by atoms with van der Waals surface area (Å²) in [7, 11) is 0. The second kappa shape index (κ2) is 10.8. The van der Waals surface area contributed by atoms with E-state index in [0.717, 1.165) is 19.3 Å². The molecular formula is C27H34N2O3. The van der Waals surface area contributed by atoms with Crippen molar-refractivity contribution in [3.8, 4) is 0 Å². The van der Waals surface area contributed by atoms with Crippen LogP contribution in [-0.4, -0.2) is 34.0 Å². The van der Waals surface area contributed by atoms with Crippen LogP contribution in [0, 0.1) is 11.8 Å². The van der Waals surface area contributed by atoms with Crippen molar-refractivity contribution >= 4 is 11.9 Å². The lowest BCUT2D eigenvalue weighted by Crippen LogP contribution is -2.49. The molecule has 1 amide bonds. The molecule has 2 saturated carbocycles. The Kier molecular flexibility index (Phi) is 7.59. The summed E-state index contributed by atoms with van der Waals surface area (Å²) in [6.45, 7) is 1.39. The van der Waals surface area contributed by atoms with Crippen molar-refractivity contribution < 1.29 is 14.7 Å². The molecule has 5 heteroatoms. The number of carboxylic acid groups (broad SMARTS) is 1. The highest BCUT2D eigenvalue weighted by atomic mass is 16.4. The number of amides is 1. The van der Waals surface area contributed by atoms with Crippen molar-refractivity contribution in [3.05, 3.63) is 71.8 Å². The Balaban J connectivity index is 1.64. The van der Waals surface area contributed by atoms with Gasteiger partial charge in [0.05, 0.1) is 12.3 Å². The molecule has 0 bridgehead atoms. The zero-order valence-electron chi connectivity index (χ0n) is 18.7. The molecule has 2 N–H and O–H groups in total. The average molecular weight is 435 g/mol. The van der Waals surface area contributed by atoms with Gasteiger partial charge < -0.3 is 10.4 Å². The van der Waals surface area contributed by atoms with Gasteiger partial charge in [-0.05, 0) is 36.3 Å². The number of benzene rings is 2. The maximum absolute atomic E-state index is 13.3. The van der Waals surface area contributed by atoms with Crippen LogP contribution < -0.4 is 5.32 Å². The van der Waals surface area contributed by atoms with Crippen LogP contribution in [0.15, 0.2) is 60.7 Å². The third-order valence-electron chi connectivity index (χ3n) is 6.85. The second-order valence-electron chi connectivity index (χ2n) is 9.46. The lowest BCUT2D eigenvalue weighted by molar-refractivity contribution is -0.143. The molecule has 2 aliphatic rings. The number of hydrogen-bond donors (Lipinski definition) is 2. The first-order valence-electron chi connectivity index (χ1n) is 11.9. The molecule has 0 radical (unpaired) electrons. The monoisotopic (exact) mass is 434 g/mol. The summed E-state index contributed by atoms with van der Waals surface area (Å²) < 4.78 is 0. The van der Waals surface area contributed by atoms with Gasteiger partial charge in [0, 0.05) is 25.2 Å². The van der Waals surface area contributed by atoms with Gasteiger partial charge in [0.15, 0.2) is 0 Å². The Labute approximate surface area is 190 Å². The van der Waals surface area contributed by atoms with Crippen LogP contribution in [0.1, 0.15) is 56.1 Å². The topological polar surface area (TPSA) is 69.6 Å². The highest BCUT2D eigenvalue weighted by Gasteiger charge is 2.39. The summed E-state index contributed by atoms with van der Waals surface area (Å²) in [5.41, 5.74) is 2.36. The highest BCUT2D eigenvalue weighted by Crippen LogP contribution is 2.36. The van der Waals surface area contributed by atoms with Crippen LogP contribution in [0.4, 0.5) is 0 Å². The SMILES string of the molecule is O=C(O)C[C@H](C(=O)NC1CC1)[C@H](CC1CCC1)N(Cc1ccccc1)Cc1ccccc1. The Morgan fingerprint density at radius 2 is 1.47 bits per heavy atom. The van der Waals surface area contributed by atoms with Crippen LogP contribution in [-0.2, 0) is 22.7 Å². The van der Waals surface area contributed by atoms with Gasteiger partial charge in [-0.3, -0.25) is 14.5 Å². The Hall–Kier alpha value is -2.66. The molecule has 170 valence electrons. The smallest absolute Gasteiger partial charge is 0.304 e. The number of hydrogen-bond acceptors (Lipinski definition) is 3. The summed E-state index contributed by atoms with van der Waals surface area (Å²) in [5, 5.41) is 12.8. The third kappa shape index (κ3) is 6.42. The predicted molar refractivity (Wildman–Crippen MR) is 125 cm³/mol. The Morgan fingerprint density at radius 3 is 1.91 bits per heavy atom. The van der Waals surface area contributed by atoms with Crippen LogP contribution >= 0.6 is 0 Å². The first-order valence-corrected chi connectivity index (χ1v) is 11.9. The molecule has 0 aliphatic heterocycles. The summed E-state index contributed by atoms with van der Waals surface area (Å²) in [6, 6.07) is 20.7. The third-order valence-corrected chi connectivity index (χ3v) is 6.85. The number of carbonyl (C=O) groups excluding carboxylic acids is 1. The molecule has 2 aromatic carbocycles. The summed E-state index contributed by atoms with van der Waals surface area (Å²) in [4.78, 5) is 27.4. The van der Waals surface area contributed by atoms with Crippen LogP contribution in [0.5, 0.6) is 0 Å². The minimum absolute atomic E-state index is 0.0923. The molecule has 0 heterocycles. The Bertz CT molecular complexity index is 837. The fraction of sp³-hybridized carbons (Fsp3) is 0.481. The summed E-state index contributed by atoms with van der Waals surface area (Å²) >= 11 is 0. The van der Waals surface area contributed by atoms with E-state index in [-0.39, 0.29) is 24.4 Å². The molecule has 0 spiro atoms. The molecule has 2 aromatic rings. The Morgan fingerprint density at radius 1 is 0.906 bits per heavy atom. The second-order valence-corrected chi connectivity index (χ2v) is 9.46. The highest BCUT2D eigenvalue weighted by molar-refractivity contribution is 5.84. The first kappa shape index (κ1) is 22.5. The van der Waals surface area contributed by atoms with Gasteiger partial charge >= 0.3 is 5.97 Å². The van der Waals surface area contributed by atoms with Crippen molar-refractivity contribution in [2.45, 2.75) is 70.1 Å². The van der Waals surface area contributed by atoms with Gasteiger partial charge in [-0.1, -0.05) is 79.9 Å². The number of rotatable bonds is 12. The van der Waals surface area contributed by atoms with Gasteiger partial charge in [0.1, 0.15) is 0 Å². The van der Waals surface area contributed by atoms with Gasteiger partial charge in [-0.25, -0.2) is 0 Å². The van der Waals surface area contributed by atoms with Gasteiger partial charge in [0.25, 0.3) is 0 Å². The van der Waals surface area contributed by atoms with Crippen molar-refractivity contribution in [1.29, 1.82) is 0 Å². The average Bonchev–Trinajstić information content (AvgIpc) is 3.57. The van der Waals surface area contributed by atoms with Crippen molar-refractivity contribution in [2.24, 2.45) is 11.8 Å². The van der Waals surface area contributed by atoms with Crippen molar-refractivity contribution in [1.82, 2.24) is 10.2 Å². The maximum atomic E-state index is 13.3. The van der Waals surface area contributed by atoms with E-state index in [0.29, 0.717) is 19.0 Å². The minimum atomic E-state index is -0.904. The number of nitrogens with one attached hydrogen (secondary N) is 1. The standard InChI is InChI=1S/C27H34N2O3/c30-26(31)17-24(27(32)28-23-14-15-23)25(16-20-12-7-13-20)29(18-21-8-3-1-4-9-21)19-22-10-5-2-6-11-22/h1-6,8-11,20,23-25H,7,12-19H2,(H,28,32)(H,30,31)/t24-,25-/m0/s1. The van der Waals surface area contributed by atoms with E-state index in [1.807, 2.05) is 36.4 Å². The van der Waals surface area contributed by atoms with E-state index in [1.54, 1.807) is 0 Å². The zero-order chi connectivity index (χ0) is 22.3. The molecular weight excluding hydrogens is 400 g/mol. The molecule has 32 heavy (non-hydrogen) atoms. The lowest BCUT2D eigenvalue weighted by atomic mass is 9.76. The van der Waals surface area contributed by atoms with E-state index in [9.17, 15) is 14.7 Å². The summed E-state index contributed by atoms with van der Waals surface area (Å²) in [5.74, 6) is -0.982. The van der Waals surface area contributed by atoms with E-state index in [4.69, 9.17) is 0 Å². The molecule has 0 unspecified atom stereocenters. The van der Waals surface area contributed by atoms with Gasteiger partial charge in [-0.15, -0.1) is 0 Å². The predicted octanol–water partition coefficient (Wildman–Crippen LogP) is 4.62. The number of carboxylic acids is 1. The quantitative estimate of drug-likeness (QED) is 0.512. The van der Waals surface area contributed by atoms with E-state index in [2.05, 4.69) is 34.5 Å². The lowest BCUT2D eigenvalue weighted by Gasteiger charge is -2.40. The largest absolute Gasteiger partial charge is 0.481 e. The van der Waals surface area contributed by atoms with Crippen LogP contribution in [0.3, 0.4) is 0 Å². The molecule has 2 fully saturated rings. The molecule has 2 aliphatic carbocycles. The molecule has 4 rings (SSSR count). The van der Waals surface area contributed by atoms with Crippen molar-refractivity contribution in [3.63, 3.8) is 0 Å². The zero-order valence-corrected chi connectivity index (χ0v) is 18.7.